The summed E-state index contributed by atoms with van der Waals surface area (Å²) < 4.78 is 7.51. The molecule has 1 aliphatic heterocycles. The molecule has 138 valence electrons. The van der Waals surface area contributed by atoms with Crippen molar-refractivity contribution in [2.45, 2.75) is 6.42 Å². The number of amides is 1. The molecule has 6 heteroatoms. The molecule has 5 rings (SSSR count). The number of ether oxygens (including phenoxy) is 1. The van der Waals surface area contributed by atoms with Crippen LogP contribution in [0.25, 0.3) is 22.3 Å². The second-order valence-electron chi connectivity index (χ2n) is 6.58. The zero-order chi connectivity index (χ0) is 18.9. The molecule has 1 amide bonds. The molecule has 0 aliphatic carbocycles. The smallest absolute Gasteiger partial charge is 0.248 e. The van der Waals surface area contributed by atoms with Crippen molar-refractivity contribution in [2.24, 2.45) is 0 Å². The standard InChI is InChI=1S/C22H17N3O2S/c26-21(8-2-15-1-7-20-17(13-15)9-11-27-20)23-18-5-3-16(4-6-18)19-14-25-10-12-28-22(25)24-19/h1-8,10,12-14H,9,11H2,(H,23,26)/b8-2+. The summed E-state index contributed by atoms with van der Waals surface area (Å²) in [5, 5.41) is 4.90. The molecule has 1 N–H and O–H groups in total. The molecule has 0 fully saturated rings. The Morgan fingerprint density at radius 3 is 2.96 bits per heavy atom. The second kappa shape index (κ2) is 6.98. The summed E-state index contributed by atoms with van der Waals surface area (Å²) in [6.45, 7) is 0.732. The second-order valence-corrected chi connectivity index (χ2v) is 7.46. The number of imidazole rings is 1. The summed E-state index contributed by atoms with van der Waals surface area (Å²) in [4.78, 5) is 17.8. The molecule has 0 saturated carbocycles. The van der Waals surface area contributed by atoms with E-state index in [1.807, 2.05) is 64.6 Å². The van der Waals surface area contributed by atoms with Crippen LogP contribution in [0.5, 0.6) is 5.75 Å². The molecule has 0 atom stereocenters. The first-order chi connectivity index (χ1) is 13.7. The maximum Gasteiger partial charge on any atom is 0.248 e. The number of hydrogen-bond acceptors (Lipinski definition) is 4. The maximum atomic E-state index is 12.2. The number of thiazole rings is 1. The highest BCUT2D eigenvalue weighted by molar-refractivity contribution is 7.15. The Morgan fingerprint density at radius 1 is 1.21 bits per heavy atom. The number of fused-ring (bicyclic) bond motifs is 2. The number of nitrogens with zero attached hydrogens (tertiary/aromatic N) is 2. The van der Waals surface area contributed by atoms with Gasteiger partial charge in [0.2, 0.25) is 5.91 Å². The van der Waals surface area contributed by atoms with E-state index in [2.05, 4.69) is 16.4 Å². The third-order valence-electron chi connectivity index (χ3n) is 4.68. The lowest BCUT2D eigenvalue weighted by atomic mass is 10.1. The van der Waals surface area contributed by atoms with Crippen LogP contribution in [0.4, 0.5) is 5.69 Å². The molecular formula is C22H17N3O2S. The van der Waals surface area contributed by atoms with Gasteiger partial charge in [0.15, 0.2) is 4.96 Å². The Balaban J connectivity index is 1.25. The van der Waals surface area contributed by atoms with Crippen LogP contribution in [-0.2, 0) is 11.2 Å². The molecule has 4 aromatic rings. The van der Waals surface area contributed by atoms with Crippen molar-refractivity contribution in [2.75, 3.05) is 11.9 Å². The lowest BCUT2D eigenvalue weighted by Crippen LogP contribution is -2.07. The van der Waals surface area contributed by atoms with E-state index < -0.39 is 0 Å². The van der Waals surface area contributed by atoms with Gasteiger partial charge in [-0.15, -0.1) is 11.3 Å². The van der Waals surface area contributed by atoms with Crippen molar-refractivity contribution in [3.63, 3.8) is 0 Å². The number of carbonyl (C=O) groups is 1. The molecule has 0 spiro atoms. The normalized spacial score (nSPS) is 13.0. The quantitative estimate of drug-likeness (QED) is 0.519. The molecule has 0 radical (unpaired) electrons. The van der Waals surface area contributed by atoms with Gasteiger partial charge < -0.3 is 10.1 Å². The number of anilines is 1. The molecule has 0 unspecified atom stereocenters. The van der Waals surface area contributed by atoms with Crippen LogP contribution >= 0.6 is 11.3 Å². The monoisotopic (exact) mass is 387 g/mol. The van der Waals surface area contributed by atoms with Crippen molar-refractivity contribution >= 4 is 34.0 Å². The first kappa shape index (κ1) is 16.8. The molecule has 3 heterocycles. The number of hydrogen-bond donors (Lipinski definition) is 1. The number of carbonyl (C=O) groups excluding carboxylic acids is 1. The zero-order valence-corrected chi connectivity index (χ0v) is 15.8. The van der Waals surface area contributed by atoms with E-state index in [9.17, 15) is 4.79 Å². The van der Waals surface area contributed by atoms with Gasteiger partial charge >= 0.3 is 0 Å². The number of rotatable bonds is 4. The summed E-state index contributed by atoms with van der Waals surface area (Å²) in [5.41, 5.74) is 4.88. The van der Waals surface area contributed by atoms with Crippen LogP contribution < -0.4 is 10.1 Å². The van der Waals surface area contributed by atoms with Gasteiger partial charge in [-0.2, -0.15) is 0 Å². The highest BCUT2D eigenvalue weighted by Crippen LogP contribution is 2.26. The average molecular weight is 387 g/mol. The van der Waals surface area contributed by atoms with Crippen LogP contribution in [0.2, 0.25) is 0 Å². The minimum absolute atomic E-state index is 0.160. The van der Waals surface area contributed by atoms with Gasteiger partial charge in [0.25, 0.3) is 0 Å². The summed E-state index contributed by atoms with van der Waals surface area (Å²) in [6.07, 6.45) is 8.29. The topological polar surface area (TPSA) is 55.6 Å². The van der Waals surface area contributed by atoms with E-state index in [1.165, 1.54) is 5.56 Å². The molecule has 2 aromatic heterocycles. The Labute approximate surface area is 165 Å². The summed E-state index contributed by atoms with van der Waals surface area (Å²) in [6, 6.07) is 13.7. The third-order valence-corrected chi connectivity index (χ3v) is 5.45. The highest BCUT2D eigenvalue weighted by Gasteiger charge is 2.11. The lowest BCUT2D eigenvalue weighted by molar-refractivity contribution is -0.111. The molecule has 5 nitrogen and oxygen atoms in total. The van der Waals surface area contributed by atoms with Crippen LogP contribution in [-0.4, -0.2) is 21.9 Å². The van der Waals surface area contributed by atoms with Crippen molar-refractivity contribution in [1.29, 1.82) is 0 Å². The van der Waals surface area contributed by atoms with Crippen molar-refractivity contribution in [1.82, 2.24) is 9.38 Å². The van der Waals surface area contributed by atoms with Crippen LogP contribution in [0.1, 0.15) is 11.1 Å². The van der Waals surface area contributed by atoms with Gasteiger partial charge in [-0.25, -0.2) is 4.98 Å². The summed E-state index contributed by atoms with van der Waals surface area (Å²) in [7, 11) is 0. The minimum Gasteiger partial charge on any atom is -0.493 e. The van der Waals surface area contributed by atoms with Gasteiger partial charge in [0.05, 0.1) is 12.3 Å². The first-order valence-corrected chi connectivity index (χ1v) is 9.90. The molecule has 2 aromatic carbocycles. The van der Waals surface area contributed by atoms with Crippen LogP contribution in [0, 0.1) is 0 Å². The third kappa shape index (κ3) is 3.30. The van der Waals surface area contributed by atoms with E-state index in [-0.39, 0.29) is 5.91 Å². The predicted octanol–water partition coefficient (Wildman–Crippen LogP) is 4.65. The fourth-order valence-corrected chi connectivity index (χ4v) is 3.96. The largest absolute Gasteiger partial charge is 0.493 e. The fraction of sp³-hybridized carbons (Fsp3) is 0.0909. The van der Waals surface area contributed by atoms with Crippen molar-refractivity contribution in [3.8, 4) is 17.0 Å². The minimum atomic E-state index is -0.160. The maximum absolute atomic E-state index is 12.2. The van der Waals surface area contributed by atoms with E-state index in [1.54, 1.807) is 17.4 Å². The van der Waals surface area contributed by atoms with Gasteiger partial charge in [-0.1, -0.05) is 18.2 Å². The Hall–Kier alpha value is -3.38. The van der Waals surface area contributed by atoms with E-state index in [0.29, 0.717) is 0 Å². The molecular weight excluding hydrogens is 370 g/mol. The molecule has 0 bridgehead atoms. The van der Waals surface area contributed by atoms with Gasteiger partial charge in [0.1, 0.15) is 5.75 Å². The number of nitrogens with one attached hydrogen (secondary N) is 1. The average Bonchev–Trinajstić information content (AvgIpc) is 3.42. The van der Waals surface area contributed by atoms with Crippen molar-refractivity contribution < 1.29 is 9.53 Å². The number of benzene rings is 2. The van der Waals surface area contributed by atoms with Gasteiger partial charge in [-0.3, -0.25) is 9.20 Å². The van der Waals surface area contributed by atoms with Gasteiger partial charge in [-0.05, 0) is 41.5 Å². The van der Waals surface area contributed by atoms with Crippen LogP contribution in [0.3, 0.4) is 0 Å². The first-order valence-electron chi connectivity index (χ1n) is 9.02. The molecule has 1 aliphatic rings. The molecule has 28 heavy (non-hydrogen) atoms. The SMILES string of the molecule is O=C(/C=C/c1ccc2c(c1)CCO2)Nc1ccc(-c2cn3ccsc3n2)cc1. The summed E-state index contributed by atoms with van der Waals surface area (Å²) >= 11 is 1.60. The zero-order valence-electron chi connectivity index (χ0n) is 15.0. The van der Waals surface area contributed by atoms with Crippen LogP contribution in [0.15, 0.2) is 66.3 Å². The Bertz CT molecular complexity index is 1160. The predicted molar refractivity (Wildman–Crippen MR) is 112 cm³/mol. The van der Waals surface area contributed by atoms with E-state index >= 15 is 0 Å². The van der Waals surface area contributed by atoms with E-state index in [0.717, 1.165) is 46.2 Å². The highest BCUT2D eigenvalue weighted by atomic mass is 32.1. The van der Waals surface area contributed by atoms with Gasteiger partial charge in [0, 0.05) is 41.5 Å². The fourth-order valence-electron chi connectivity index (χ4n) is 3.26. The Kier molecular flexibility index (Phi) is 4.18. The van der Waals surface area contributed by atoms with Crippen molar-refractivity contribution in [3.05, 3.63) is 77.4 Å². The molecule has 0 saturated heterocycles. The number of aromatic nitrogens is 2. The summed E-state index contributed by atoms with van der Waals surface area (Å²) in [5.74, 6) is 0.784. The lowest BCUT2D eigenvalue weighted by Gasteiger charge is -2.04. The van der Waals surface area contributed by atoms with E-state index in [4.69, 9.17) is 4.74 Å². The Morgan fingerprint density at radius 2 is 2.11 bits per heavy atom.